The van der Waals surface area contributed by atoms with Crippen LogP contribution in [-0.2, 0) is 20.2 Å². The molecular formula is C12H7Cl10O. The first-order valence-corrected chi connectivity index (χ1v) is 9.56. The minimum absolute atomic E-state index is 0.0740. The lowest BCUT2D eigenvalue weighted by molar-refractivity contribution is 0.196. The van der Waals surface area contributed by atoms with Crippen LogP contribution in [0.15, 0.2) is 18.2 Å². The van der Waals surface area contributed by atoms with Gasteiger partial charge in [-0.3, -0.25) is 0 Å². The molecule has 0 unspecified atom stereocenters. The number of hydrogen-bond donors (Lipinski definition) is 0. The van der Waals surface area contributed by atoms with E-state index in [1.165, 1.54) is 18.2 Å². The van der Waals surface area contributed by atoms with Crippen molar-refractivity contribution in [1.29, 1.82) is 0 Å². The number of rotatable bonds is 4. The maximum absolute atomic E-state index is 11.2. The molecule has 0 saturated carbocycles. The van der Waals surface area contributed by atoms with E-state index in [1.54, 1.807) is 0 Å². The van der Waals surface area contributed by atoms with E-state index in [-0.39, 0.29) is 23.1 Å². The fraction of sp³-hybridized carbons (Fsp3) is 0.500. The van der Waals surface area contributed by atoms with Crippen LogP contribution in [0.1, 0.15) is 16.7 Å². The number of hydrogen-bond acceptors (Lipinski definition) is 0. The van der Waals surface area contributed by atoms with Crippen molar-refractivity contribution in [3.63, 3.8) is 0 Å². The second-order valence-corrected chi connectivity index (χ2v) is 11.6. The minimum Gasteiger partial charge on any atom is -0.236 e. The van der Waals surface area contributed by atoms with Crippen molar-refractivity contribution in [3.8, 4) is 0 Å². The molecule has 23 heavy (non-hydrogen) atoms. The summed E-state index contributed by atoms with van der Waals surface area (Å²) in [5.74, 6) is 0. The van der Waals surface area contributed by atoms with Crippen LogP contribution in [0.5, 0.6) is 0 Å². The van der Waals surface area contributed by atoms with Crippen LogP contribution < -0.4 is 0 Å². The third-order valence-electron chi connectivity index (χ3n) is 2.92. The lowest BCUT2D eigenvalue weighted by atomic mass is 9.94. The van der Waals surface area contributed by atoms with Crippen LogP contribution in [0, 0.1) is 0 Å². The highest BCUT2D eigenvalue weighted by atomic mass is 35.6. The monoisotopic (exact) mass is 517 g/mol. The van der Waals surface area contributed by atoms with Crippen LogP contribution in [0.3, 0.4) is 0 Å². The summed E-state index contributed by atoms with van der Waals surface area (Å²) in [6, 6.07) is 4.43. The van der Waals surface area contributed by atoms with E-state index in [2.05, 4.69) is 0 Å². The molecule has 0 saturated heterocycles. The first kappa shape index (κ1) is 23.1. The van der Waals surface area contributed by atoms with Crippen molar-refractivity contribution < 1.29 is 5.11 Å². The molecule has 0 aliphatic heterocycles. The molecule has 0 aliphatic carbocycles. The summed E-state index contributed by atoms with van der Waals surface area (Å²) in [6.45, 7) is -0.544. The summed E-state index contributed by atoms with van der Waals surface area (Å²) in [7, 11) is 0. The Morgan fingerprint density at radius 1 is 0.696 bits per heavy atom. The van der Waals surface area contributed by atoms with Crippen molar-refractivity contribution in [1.82, 2.24) is 0 Å². The quantitative estimate of drug-likeness (QED) is 0.363. The summed E-state index contributed by atoms with van der Waals surface area (Å²) in [5, 5.41) is 11.2. The standard InChI is InChI=1S/C12H7Cl10O/c13-9(14,11(17,18)19)7-2-1-3-8(6(7)4-5-23)10(15,16)12(20,21)22/h1-3H,4-5H2. The van der Waals surface area contributed by atoms with E-state index < -0.39 is 22.9 Å². The second-order valence-electron chi connectivity index (χ2n) is 4.43. The molecule has 1 aromatic carbocycles. The van der Waals surface area contributed by atoms with Gasteiger partial charge in [-0.25, -0.2) is 5.11 Å². The lowest BCUT2D eigenvalue weighted by Crippen LogP contribution is -2.34. The van der Waals surface area contributed by atoms with Crippen molar-refractivity contribution in [2.24, 2.45) is 0 Å². The van der Waals surface area contributed by atoms with Gasteiger partial charge < -0.3 is 0 Å². The zero-order chi connectivity index (χ0) is 18.3. The van der Waals surface area contributed by atoms with Gasteiger partial charge >= 0.3 is 0 Å². The van der Waals surface area contributed by atoms with E-state index in [0.29, 0.717) is 0 Å². The first-order chi connectivity index (χ1) is 10.2. The molecule has 0 amide bonds. The number of benzene rings is 1. The van der Waals surface area contributed by atoms with Gasteiger partial charge in [0.05, 0.1) is 6.61 Å². The fourth-order valence-corrected chi connectivity index (χ4v) is 3.17. The van der Waals surface area contributed by atoms with Crippen molar-refractivity contribution in [3.05, 3.63) is 34.9 Å². The van der Waals surface area contributed by atoms with Crippen LogP contribution in [0.25, 0.3) is 0 Å². The molecule has 11 heteroatoms. The summed E-state index contributed by atoms with van der Waals surface area (Å²) >= 11 is 59.8. The average Bonchev–Trinajstić information content (AvgIpc) is 2.36. The SMILES string of the molecule is [O]CCc1c(C(Cl)(Cl)C(Cl)(Cl)Cl)cccc1C(Cl)(Cl)C(Cl)(Cl)Cl. The Kier molecular flexibility index (Phi) is 8.03. The predicted molar refractivity (Wildman–Crippen MR) is 103 cm³/mol. The zero-order valence-corrected chi connectivity index (χ0v) is 18.4. The van der Waals surface area contributed by atoms with Crippen molar-refractivity contribution in [2.45, 2.75) is 22.7 Å². The van der Waals surface area contributed by atoms with Gasteiger partial charge in [0.25, 0.3) is 0 Å². The van der Waals surface area contributed by atoms with E-state index >= 15 is 0 Å². The molecule has 0 bridgehead atoms. The van der Waals surface area contributed by atoms with Gasteiger partial charge in [0.2, 0.25) is 7.59 Å². The van der Waals surface area contributed by atoms with Gasteiger partial charge in [-0.2, -0.15) is 0 Å². The third kappa shape index (κ3) is 4.87. The van der Waals surface area contributed by atoms with Crippen molar-refractivity contribution in [2.75, 3.05) is 6.61 Å². The average molecular weight is 522 g/mol. The molecule has 0 atom stereocenters. The molecular weight excluding hydrogens is 515 g/mol. The number of alkyl halides is 10. The van der Waals surface area contributed by atoms with Crippen LogP contribution in [0.2, 0.25) is 0 Å². The highest BCUT2D eigenvalue weighted by molar-refractivity contribution is 6.76. The fourth-order valence-electron chi connectivity index (χ4n) is 1.85. The third-order valence-corrected chi connectivity index (χ3v) is 7.73. The zero-order valence-electron chi connectivity index (χ0n) is 10.8. The Hall–Kier alpha value is 2.08. The van der Waals surface area contributed by atoms with Crippen LogP contribution in [-0.4, -0.2) is 14.2 Å². The molecule has 1 nitrogen and oxygen atoms in total. The van der Waals surface area contributed by atoms with Crippen molar-refractivity contribution >= 4 is 116 Å². The Balaban J connectivity index is 3.69. The normalized spacial score (nSPS) is 14.2. The molecule has 0 fully saturated rings. The Morgan fingerprint density at radius 2 is 1.04 bits per heavy atom. The topological polar surface area (TPSA) is 19.9 Å². The summed E-state index contributed by atoms with van der Waals surface area (Å²) in [4.78, 5) is 0. The highest BCUT2D eigenvalue weighted by Crippen LogP contribution is 2.57. The molecule has 1 aromatic rings. The molecule has 131 valence electrons. The Bertz CT molecular complexity index is 514. The molecule has 0 heterocycles. The van der Waals surface area contributed by atoms with E-state index in [9.17, 15) is 5.11 Å². The summed E-state index contributed by atoms with van der Waals surface area (Å²) in [6.07, 6.45) is -0.0740. The van der Waals surface area contributed by atoms with Gasteiger partial charge in [0, 0.05) is 0 Å². The maximum atomic E-state index is 11.2. The molecule has 1 radical (unpaired) electrons. The van der Waals surface area contributed by atoms with E-state index in [4.69, 9.17) is 116 Å². The second kappa shape index (κ2) is 7.98. The smallest absolute Gasteiger partial charge is 0.227 e. The van der Waals surface area contributed by atoms with Crippen LogP contribution in [0.4, 0.5) is 0 Å². The first-order valence-electron chi connectivity index (χ1n) is 5.78. The minimum atomic E-state index is -2.10. The van der Waals surface area contributed by atoms with Gasteiger partial charge in [-0.15, -0.1) is 0 Å². The number of halogens is 10. The van der Waals surface area contributed by atoms with E-state index in [1.807, 2.05) is 0 Å². The summed E-state index contributed by atoms with van der Waals surface area (Å²) < 4.78 is -8.19. The Morgan fingerprint density at radius 3 is 1.30 bits per heavy atom. The molecule has 0 N–H and O–H groups in total. The van der Waals surface area contributed by atoms with Crippen LogP contribution >= 0.6 is 116 Å². The van der Waals surface area contributed by atoms with E-state index in [0.717, 1.165) is 0 Å². The molecule has 0 aromatic heterocycles. The van der Waals surface area contributed by atoms with Gasteiger partial charge in [0.15, 0.2) is 8.67 Å². The van der Waals surface area contributed by atoms with Gasteiger partial charge in [-0.05, 0) is 23.1 Å². The largest absolute Gasteiger partial charge is 0.236 e. The molecule has 1 rings (SSSR count). The Labute approximate surface area is 183 Å². The molecule has 0 spiro atoms. The van der Waals surface area contributed by atoms with Gasteiger partial charge in [-0.1, -0.05) is 134 Å². The lowest BCUT2D eigenvalue weighted by Gasteiger charge is -2.34. The predicted octanol–water partition coefficient (Wildman–Crippen LogP) is 7.66. The highest BCUT2D eigenvalue weighted by Gasteiger charge is 2.52. The molecule has 0 aliphatic rings. The van der Waals surface area contributed by atoms with Gasteiger partial charge in [0.1, 0.15) is 0 Å². The maximum Gasteiger partial charge on any atom is 0.227 e. The summed E-state index contributed by atoms with van der Waals surface area (Å²) in [5.41, 5.74) is 0.512.